The molecule has 19 heavy (non-hydrogen) atoms. The smallest absolute Gasteiger partial charge is 0.123 e. The highest BCUT2D eigenvalue weighted by atomic mass is 32.2. The Labute approximate surface area is 116 Å². The van der Waals surface area contributed by atoms with Crippen molar-refractivity contribution in [3.63, 3.8) is 0 Å². The molecule has 0 aliphatic rings. The zero-order valence-corrected chi connectivity index (χ0v) is 11.4. The normalized spacial score (nSPS) is 10.4. The van der Waals surface area contributed by atoms with Crippen molar-refractivity contribution in [3.05, 3.63) is 65.0 Å². The van der Waals surface area contributed by atoms with Crippen LogP contribution in [0.4, 0.5) is 4.39 Å². The summed E-state index contributed by atoms with van der Waals surface area (Å²) in [4.78, 5) is 1.18. The third kappa shape index (κ3) is 3.35. The third-order valence-electron chi connectivity index (χ3n) is 2.84. The van der Waals surface area contributed by atoms with Crippen LogP contribution in [-0.2, 0) is 5.75 Å². The Kier molecular flexibility index (Phi) is 4.22. The van der Waals surface area contributed by atoms with Crippen molar-refractivity contribution >= 4 is 17.6 Å². The van der Waals surface area contributed by atoms with E-state index in [1.165, 1.54) is 22.6 Å². The number of thioether (sulfide) groups is 1. The minimum atomic E-state index is -0.366. The fourth-order valence-corrected chi connectivity index (χ4v) is 2.83. The third-order valence-corrected chi connectivity index (χ3v) is 4.06. The Hall–Kier alpha value is -1.81. The molecule has 0 bridgehead atoms. The fraction of sp³-hybridized carbons (Fsp3) is 0.133. The van der Waals surface area contributed by atoms with E-state index in [0.29, 0.717) is 11.3 Å². The molecule has 2 rings (SSSR count). The summed E-state index contributed by atoms with van der Waals surface area (Å²) < 4.78 is 13.2. The van der Waals surface area contributed by atoms with Gasteiger partial charge in [-0.15, -0.1) is 11.8 Å². The molecule has 3 N–H and O–H groups in total. The van der Waals surface area contributed by atoms with Gasteiger partial charge in [-0.2, -0.15) is 0 Å². The van der Waals surface area contributed by atoms with Gasteiger partial charge in [0.05, 0.1) is 0 Å². The summed E-state index contributed by atoms with van der Waals surface area (Å²) in [6, 6.07) is 12.5. The van der Waals surface area contributed by atoms with Crippen molar-refractivity contribution in [3.8, 4) is 0 Å². The van der Waals surface area contributed by atoms with Crippen LogP contribution < -0.4 is 5.73 Å². The van der Waals surface area contributed by atoms with Gasteiger partial charge in [-0.1, -0.05) is 24.3 Å². The lowest BCUT2D eigenvalue weighted by molar-refractivity contribution is 0.627. The van der Waals surface area contributed by atoms with Gasteiger partial charge < -0.3 is 5.73 Å². The van der Waals surface area contributed by atoms with E-state index in [0.717, 1.165) is 5.56 Å². The maximum Gasteiger partial charge on any atom is 0.123 e. The Balaban J connectivity index is 2.20. The largest absolute Gasteiger partial charge is 0.384 e. The standard InChI is InChI=1S/C15H15FN2S/c1-10-4-2-3-5-14(10)19-9-11-6-7-12(16)8-13(11)15(17)18/h2-8H,9H2,1H3,(H3,17,18). The molecule has 0 saturated heterocycles. The number of rotatable bonds is 4. The van der Waals surface area contributed by atoms with Crippen molar-refractivity contribution in [1.82, 2.24) is 0 Å². The van der Waals surface area contributed by atoms with Crippen molar-refractivity contribution in [2.24, 2.45) is 5.73 Å². The number of hydrogen-bond acceptors (Lipinski definition) is 2. The van der Waals surface area contributed by atoms with Crippen LogP contribution in [0, 0.1) is 18.2 Å². The van der Waals surface area contributed by atoms with E-state index in [-0.39, 0.29) is 11.7 Å². The molecule has 0 radical (unpaired) electrons. The van der Waals surface area contributed by atoms with E-state index in [4.69, 9.17) is 11.1 Å². The van der Waals surface area contributed by atoms with E-state index in [2.05, 4.69) is 19.1 Å². The molecule has 0 fully saturated rings. The predicted octanol–water partition coefficient (Wildman–Crippen LogP) is 3.71. The summed E-state index contributed by atoms with van der Waals surface area (Å²) in [7, 11) is 0. The minimum absolute atomic E-state index is 0.0973. The molecule has 4 heteroatoms. The van der Waals surface area contributed by atoms with Crippen LogP contribution in [0.25, 0.3) is 0 Å². The molecule has 0 unspecified atom stereocenters. The second-order valence-electron chi connectivity index (χ2n) is 4.27. The number of hydrogen-bond donors (Lipinski definition) is 2. The molecule has 0 aliphatic heterocycles. The first-order valence-corrected chi connectivity index (χ1v) is 6.87. The fourth-order valence-electron chi connectivity index (χ4n) is 1.80. The van der Waals surface area contributed by atoms with Gasteiger partial charge >= 0.3 is 0 Å². The van der Waals surface area contributed by atoms with Crippen LogP contribution in [0.1, 0.15) is 16.7 Å². The van der Waals surface area contributed by atoms with Gasteiger partial charge in [0, 0.05) is 16.2 Å². The number of nitrogens with one attached hydrogen (secondary N) is 1. The lowest BCUT2D eigenvalue weighted by Crippen LogP contribution is -2.13. The van der Waals surface area contributed by atoms with Gasteiger partial charge in [-0.25, -0.2) is 4.39 Å². The molecule has 0 amide bonds. The minimum Gasteiger partial charge on any atom is -0.384 e. The highest BCUT2D eigenvalue weighted by Gasteiger charge is 2.08. The lowest BCUT2D eigenvalue weighted by atomic mass is 10.1. The molecule has 0 spiro atoms. The lowest BCUT2D eigenvalue weighted by Gasteiger charge is -2.09. The van der Waals surface area contributed by atoms with Gasteiger partial charge in [-0.05, 0) is 36.2 Å². The number of nitrogen functional groups attached to an aromatic ring is 1. The van der Waals surface area contributed by atoms with Gasteiger partial charge in [0.2, 0.25) is 0 Å². The molecule has 2 aromatic rings. The van der Waals surface area contributed by atoms with Crippen molar-refractivity contribution in [1.29, 1.82) is 5.41 Å². The maximum atomic E-state index is 13.2. The van der Waals surface area contributed by atoms with Crippen LogP contribution in [0.3, 0.4) is 0 Å². The Morgan fingerprint density at radius 3 is 2.68 bits per heavy atom. The van der Waals surface area contributed by atoms with Crippen LogP contribution in [-0.4, -0.2) is 5.84 Å². The molecule has 0 saturated carbocycles. The monoisotopic (exact) mass is 274 g/mol. The zero-order valence-electron chi connectivity index (χ0n) is 10.6. The van der Waals surface area contributed by atoms with Crippen LogP contribution in [0.15, 0.2) is 47.4 Å². The molecule has 98 valence electrons. The SMILES string of the molecule is Cc1ccccc1SCc1ccc(F)cc1C(=N)N. The second kappa shape index (κ2) is 5.89. The van der Waals surface area contributed by atoms with Gasteiger partial charge in [0.25, 0.3) is 0 Å². The number of nitrogens with two attached hydrogens (primary N) is 1. The molecular weight excluding hydrogens is 259 g/mol. The summed E-state index contributed by atoms with van der Waals surface area (Å²) in [5.74, 6) is 0.203. The quantitative estimate of drug-likeness (QED) is 0.507. The Bertz CT molecular complexity index is 611. The molecule has 2 aromatic carbocycles. The van der Waals surface area contributed by atoms with Crippen molar-refractivity contribution in [2.45, 2.75) is 17.6 Å². The van der Waals surface area contributed by atoms with E-state index in [1.807, 2.05) is 12.1 Å². The molecule has 0 aromatic heterocycles. The highest BCUT2D eigenvalue weighted by Crippen LogP contribution is 2.27. The first-order valence-electron chi connectivity index (χ1n) is 5.89. The van der Waals surface area contributed by atoms with E-state index in [9.17, 15) is 4.39 Å². The van der Waals surface area contributed by atoms with Gasteiger partial charge in [0.15, 0.2) is 0 Å². The average molecular weight is 274 g/mol. The maximum absolute atomic E-state index is 13.2. The first-order chi connectivity index (χ1) is 9.08. The second-order valence-corrected chi connectivity index (χ2v) is 5.29. The van der Waals surface area contributed by atoms with Gasteiger partial charge in [0.1, 0.15) is 11.7 Å². The highest BCUT2D eigenvalue weighted by molar-refractivity contribution is 7.98. The predicted molar refractivity (Wildman–Crippen MR) is 78.2 cm³/mol. The summed E-state index contributed by atoms with van der Waals surface area (Å²) in [6.07, 6.45) is 0. The van der Waals surface area contributed by atoms with E-state index in [1.54, 1.807) is 17.8 Å². The summed E-state index contributed by atoms with van der Waals surface area (Å²) in [6.45, 7) is 2.05. The first kappa shape index (κ1) is 13.6. The van der Waals surface area contributed by atoms with Crippen LogP contribution in [0.2, 0.25) is 0 Å². The molecule has 0 aliphatic carbocycles. The number of halogens is 1. The van der Waals surface area contributed by atoms with Crippen molar-refractivity contribution < 1.29 is 4.39 Å². The molecule has 0 atom stereocenters. The van der Waals surface area contributed by atoms with E-state index < -0.39 is 0 Å². The Morgan fingerprint density at radius 1 is 1.26 bits per heavy atom. The molecule has 2 nitrogen and oxygen atoms in total. The summed E-state index contributed by atoms with van der Waals surface area (Å²) >= 11 is 1.66. The molecular formula is C15H15FN2S. The van der Waals surface area contributed by atoms with Crippen LogP contribution in [0.5, 0.6) is 0 Å². The molecule has 0 heterocycles. The van der Waals surface area contributed by atoms with Gasteiger partial charge in [-0.3, -0.25) is 5.41 Å². The van der Waals surface area contributed by atoms with Crippen LogP contribution >= 0.6 is 11.8 Å². The Morgan fingerprint density at radius 2 is 2.00 bits per heavy atom. The zero-order chi connectivity index (χ0) is 13.8. The summed E-state index contributed by atoms with van der Waals surface area (Å²) in [5.41, 5.74) is 8.05. The van der Waals surface area contributed by atoms with Crippen molar-refractivity contribution in [2.75, 3.05) is 0 Å². The number of amidine groups is 1. The summed E-state index contributed by atoms with van der Waals surface area (Å²) in [5, 5.41) is 7.50. The van der Waals surface area contributed by atoms with E-state index >= 15 is 0 Å². The number of benzene rings is 2. The topological polar surface area (TPSA) is 49.9 Å². The average Bonchev–Trinajstić information content (AvgIpc) is 2.38. The number of aryl methyl sites for hydroxylation is 1.